The minimum Gasteiger partial charge on any atom is -0.379 e. The van der Waals surface area contributed by atoms with Crippen LogP contribution >= 0.6 is 0 Å². The molecule has 148 valence electrons. The molecule has 4 fully saturated rings. The number of ether oxygens (including phenoxy) is 2. The Kier molecular flexibility index (Phi) is 6.01. The fraction of sp³-hybridized carbons (Fsp3) is 0.950. The standard InChI is InChI=1S/C20H36N4O2/c1-2-21-19(22-9-5-10-24-11-14-25-15-12-24)23-17-16-6-13-26-18(16)20(17)7-3-4-8-20/h16-18H,2-15H2,1H3,(H2,21,22,23). The minimum atomic E-state index is 0.380. The molecule has 2 heterocycles. The van der Waals surface area contributed by atoms with Gasteiger partial charge in [-0.15, -0.1) is 0 Å². The van der Waals surface area contributed by atoms with Crippen LogP contribution in [0, 0.1) is 11.3 Å². The fourth-order valence-corrected chi connectivity index (χ4v) is 5.68. The Hall–Kier alpha value is -0.850. The van der Waals surface area contributed by atoms with E-state index in [2.05, 4.69) is 22.5 Å². The van der Waals surface area contributed by atoms with Gasteiger partial charge in [-0.25, -0.2) is 0 Å². The average Bonchev–Trinajstić information content (AvgIpc) is 3.32. The first-order valence-corrected chi connectivity index (χ1v) is 10.8. The number of nitrogens with zero attached hydrogens (tertiary/aromatic N) is 2. The summed E-state index contributed by atoms with van der Waals surface area (Å²) < 4.78 is 11.5. The first-order valence-electron chi connectivity index (χ1n) is 10.8. The summed E-state index contributed by atoms with van der Waals surface area (Å²) in [4.78, 5) is 7.37. The second kappa shape index (κ2) is 8.44. The van der Waals surface area contributed by atoms with Gasteiger partial charge in [0.1, 0.15) is 0 Å². The molecule has 2 saturated carbocycles. The second-order valence-electron chi connectivity index (χ2n) is 8.37. The molecule has 0 aromatic carbocycles. The van der Waals surface area contributed by atoms with Gasteiger partial charge < -0.3 is 20.1 Å². The molecule has 1 spiro atoms. The Balaban J connectivity index is 1.31. The summed E-state index contributed by atoms with van der Waals surface area (Å²) in [5.41, 5.74) is 0.380. The quantitative estimate of drug-likeness (QED) is 0.426. The maximum absolute atomic E-state index is 6.11. The highest BCUT2D eigenvalue weighted by Gasteiger charge is 2.65. The Bertz CT molecular complexity index is 486. The van der Waals surface area contributed by atoms with E-state index in [1.165, 1.54) is 32.1 Å². The van der Waals surface area contributed by atoms with Crippen molar-refractivity contribution in [1.82, 2.24) is 15.5 Å². The van der Waals surface area contributed by atoms with Crippen LogP contribution in [0.4, 0.5) is 0 Å². The van der Waals surface area contributed by atoms with Crippen LogP contribution in [0.2, 0.25) is 0 Å². The molecule has 2 saturated heterocycles. The van der Waals surface area contributed by atoms with Gasteiger partial charge in [-0.2, -0.15) is 0 Å². The maximum Gasteiger partial charge on any atom is 0.191 e. The van der Waals surface area contributed by atoms with Crippen molar-refractivity contribution in [3.63, 3.8) is 0 Å². The van der Waals surface area contributed by atoms with Crippen LogP contribution in [0.5, 0.6) is 0 Å². The molecule has 6 nitrogen and oxygen atoms in total. The van der Waals surface area contributed by atoms with Gasteiger partial charge >= 0.3 is 0 Å². The Morgan fingerprint density at radius 2 is 2.00 bits per heavy atom. The van der Waals surface area contributed by atoms with Crippen molar-refractivity contribution in [2.75, 3.05) is 52.5 Å². The van der Waals surface area contributed by atoms with Gasteiger partial charge in [0.2, 0.25) is 0 Å². The molecule has 0 aromatic heterocycles. The molecule has 2 aliphatic heterocycles. The number of guanidine groups is 1. The van der Waals surface area contributed by atoms with Crippen molar-refractivity contribution >= 4 is 5.96 Å². The van der Waals surface area contributed by atoms with Crippen LogP contribution in [-0.4, -0.2) is 75.5 Å². The zero-order chi connectivity index (χ0) is 17.8. The molecule has 0 bridgehead atoms. The highest BCUT2D eigenvalue weighted by Crippen LogP contribution is 2.60. The summed E-state index contributed by atoms with van der Waals surface area (Å²) in [7, 11) is 0. The number of hydrogen-bond donors (Lipinski definition) is 2. The minimum absolute atomic E-state index is 0.380. The lowest BCUT2D eigenvalue weighted by atomic mass is 9.54. The van der Waals surface area contributed by atoms with Gasteiger partial charge in [-0.1, -0.05) is 12.8 Å². The van der Waals surface area contributed by atoms with Crippen LogP contribution < -0.4 is 10.6 Å². The monoisotopic (exact) mass is 364 g/mol. The van der Waals surface area contributed by atoms with Crippen molar-refractivity contribution in [3.8, 4) is 0 Å². The van der Waals surface area contributed by atoms with Crippen LogP contribution in [-0.2, 0) is 9.47 Å². The molecule has 26 heavy (non-hydrogen) atoms. The number of aliphatic imine (C=N–C) groups is 1. The van der Waals surface area contributed by atoms with E-state index in [0.717, 1.165) is 64.9 Å². The van der Waals surface area contributed by atoms with E-state index in [9.17, 15) is 0 Å². The number of fused-ring (bicyclic) bond motifs is 2. The molecule has 4 rings (SSSR count). The normalized spacial score (nSPS) is 33.9. The van der Waals surface area contributed by atoms with Crippen molar-refractivity contribution in [1.29, 1.82) is 0 Å². The average molecular weight is 365 g/mol. The molecule has 4 aliphatic rings. The van der Waals surface area contributed by atoms with Crippen molar-refractivity contribution in [2.24, 2.45) is 16.3 Å². The van der Waals surface area contributed by atoms with E-state index in [1.807, 2.05) is 0 Å². The predicted molar refractivity (Wildman–Crippen MR) is 104 cm³/mol. The Morgan fingerprint density at radius 1 is 1.19 bits per heavy atom. The van der Waals surface area contributed by atoms with E-state index in [-0.39, 0.29) is 0 Å². The third-order valence-electron chi connectivity index (χ3n) is 6.93. The van der Waals surface area contributed by atoms with Crippen molar-refractivity contribution in [3.05, 3.63) is 0 Å². The Labute approximate surface area is 158 Å². The lowest BCUT2D eigenvalue weighted by molar-refractivity contribution is -0.125. The topological polar surface area (TPSA) is 58.1 Å². The van der Waals surface area contributed by atoms with E-state index >= 15 is 0 Å². The molecule has 2 aliphatic carbocycles. The van der Waals surface area contributed by atoms with Gasteiger partial charge in [-0.3, -0.25) is 9.89 Å². The van der Waals surface area contributed by atoms with Gasteiger partial charge in [0.15, 0.2) is 5.96 Å². The number of nitrogens with one attached hydrogen (secondary N) is 2. The molecule has 6 heteroatoms. The van der Waals surface area contributed by atoms with Crippen molar-refractivity contribution in [2.45, 2.75) is 57.6 Å². The lowest BCUT2D eigenvalue weighted by Crippen LogP contribution is -2.69. The van der Waals surface area contributed by atoms with Crippen LogP contribution in [0.1, 0.15) is 45.4 Å². The number of morpholine rings is 1. The zero-order valence-corrected chi connectivity index (χ0v) is 16.3. The fourth-order valence-electron chi connectivity index (χ4n) is 5.68. The number of rotatable bonds is 6. The van der Waals surface area contributed by atoms with E-state index < -0.39 is 0 Å². The Morgan fingerprint density at radius 3 is 2.77 bits per heavy atom. The SMILES string of the molecule is CCNC(=NCCCN1CCOCC1)NC1C2CCOC2C12CCCC2. The second-order valence-corrected chi connectivity index (χ2v) is 8.37. The molecule has 3 unspecified atom stereocenters. The first kappa shape index (κ1) is 18.5. The van der Waals surface area contributed by atoms with Crippen LogP contribution in [0.15, 0.2) is 4.99 Å². The largest absolute Gasteiger partial charge is 0.379 e. The molecule has 0 amide bonds. The third-order valence-corrected chi connectivity index (χ3v) is 6.93. The van der Waals surface area contributed by atoms with E-state index in [4.69, 9.17) is 14.5 Å². The van der Waals surface area contributed by atoms with Gasteiger partial charge in [0.05, 0.1) is 19.3 Å². The van der Waals surface area contributed by atoms with Gasteiger partial charge in [0.25, 0.3) is 0 Å². The summed E-state index contributed by atoms with van der Waals surface area (Å²) in [6.45, 7) is 9.91. The van der Waals surface area contributed by atoms with E-state index in [0.29, 0.717) is 23.5 Å². The predicted octanol–water partition coefficient (Wildman–Crippen LogP) is 1.61. The van der Waals surface area contributed by atoms with Gasteiger partial charge in [0, 0.05) is 56.7 Å². The number of hydrogen-bond acceptors (Lipinski definition) is 4. The summed E-state index contributed by atoms with van der Waals surface area (Å²) in [5.74, 6) is 1.70. The summed E-state index contributed by atoms with van der Waals surface area (Å²) in [6.07, 6.45) is 8.19. The summed E-state index contributed by atoms with van der Waals surface area (Å²) in [6, 6.07) is 0.551. The first-order chi connectivity index (χ1) is 12.8. The molecular weight excluding hydrogens is 328 g/mol. The highest BCUT2D eigenvalue weighted by atomic mass is 16.5. The summed E-state index contributed by atoms with van der Waals surface area (Å²) in [5, 5.41) is 7.29. The van der Waals surface area contributed by atoms with Crippen LogP contribution in [0.25, 0.3) is 0 Å². The molecule has 0 radical (unpaired) electrons. The molecule has 2 N–H and O–H groups in total. The lowest BCUT2D eigenvalue weighted by Gasteiger charge is -2.57. The van der Waals surface area contributed by atoms with Crippen molar-refractivity contribution < 1.29 is 9.47 Å². The van der Waals surface area contributed by atoms with E-state index in [1.54, 1.807) is 0 Å². The molecular formula is C20H36N4O2. The molecule has 3 atom stereocenters. The van der Waals surface area contributed by atoms with Gasteiger partial charge in [-0.05, 0) is 32.6 Å². The molecule has 0 aromatic rings. The smallest absolute Gasteiger partial charge is 0.191 e. The summed E-state index contributed by atoms with van der Waals surface area (Å²) >= 11 is 0. The highest BCUT2D eigenvalue weighted by molar-refractivity contribution is 5.80. The third kappa shape index (κ3) is 3.60. The maximum atomic E-state index is 6.11. The zero-order valence-electron chi connectivity index (χ0n) is 16.3. The van der Waals surface area contributed by atoms with Crippen LogP contribution in [0.3, 0.4) is 0 Å².